The van der Waals surface area contributed by atoms with E-state index in [2.05, 4.69) is 0 Å². The molecule has 13 nitrogen and oxygen atoms in total. The van der Waals surface area contributed by atoms with Crippen LogP contribution in [0.3, 0.4) is 0 Å². The van der Waals surface area contributed by atoms with E-state index in [4.69, 9.17) is 41.2 Å². The summed E-state index contributed by atoms with van der Waals surface area (Å²) >= 11 is -15.1. The van der Waals surface area contributed by atoms with Gasteiger partial charge in [-0.05, 0) is 13.7 Å². The van der Waals surface area contributed by atoms with Gasteiger partial charge in [-0.25, -0.2) is 0 Å². The van der Waals surface area contributed by atoms with Crippen molar-refractivity contribution in [3.8, 4) is 0 Å². The van der Waals surface area contributed by atoms with Gasteiger partial charge in [0.05, 0.1) is 0 Å². The van der Waals surface area contributed by atoms with Gasteiger partial charge in [0, 0.05) is 19.5 Å². The van der Waals surface area contributed by atoms with Crippen molar-refractivity contribution < 1.29 is 150 Å². The average molecular weight is 823 g/mol. The Labute approximate surface area is 148 Å². The quantitative estimate of drug-likeness (QED) is 0.131. The molecule has 0 amide bonds. The fraction of sp³-hybridized carbons (Fsp3) is 0. The van der Waals surface area contributed by atoms with Gasteiger partial charge in [0.15, 0.2) is 0 Å². The van der Waals surface area contributed by atoms with Gasteiger partial charge < -0.3 is 33.0 Å². The van der Waals surface area contributed by atoms with E-state index in [0.29, 0.717) is 0 Å². The number of halogens is 4. The van der Waals surface area contributed by atoms with Gasteiger partial charge in [0.25, 0.3) is 0 Å². The van der Waals surface area contributed by atoms with Crippen LogP contribution in [0.4, 0.5) is 0 Å². The van der Waals surface area contributed by atoms with Crippen molar-refractivity contribution in [2.75, 3.05) is 0 Å². The largest absolute Gasteiger partial charge is 0.503 e. The van der Waals surface area contributed by atoms with E-state index in [1.807, 2.05) is 0 Å². The molecule has 0 atom stereocenters. The summed E-state index contributed by atoms with van der Waals surface area (Å²) < 4.78 is 97.9. The Morgan fingerprint density at radius 2 is 0.444 bits per heavy atom. The molecule has 0 saturated heterocycles. The number of hydrogen-bond donors (Lipinski definition) is 4. The van der Waals surface area contributed by atoms with E-state index in [1.165, 1.54) is 0 Å². The van der Waals surface area contributed by atoms with E-state index >= 15 is 0 Å². The average Bonchev–Trinajstić information content (AvgIpc) is 1.76. The summed E-state index contributed by atoms with van der Waals surface area (Å²) in [6.45, 7) is 0. The fourth-order valence-electron chi connectivity index (χ4n) is 0. The molecule has 120 valence electrons. The Bertz CT molecular complexity index is 62.0. The molecule has 18 heavy (non-hydrogen) atoms. The molecule has 0 aromatic carbocycles. The predicted molar refractivity (Wildman–Crippen MR) is 12.5 cm³/mol. The Balaban J connectivity index is -0.0000000257. The van der Waals surface area contributed by atoms with Crippen LogP contribution in [-0.4, -0.2) is 19.2 Å². The van der Waals surface area contributed by atoms with Crippen molar-refractivity contribution in [1.82, 2.24) is 0 Å². The molecule has 0 heterocycles. The maximum Gasteiger partial charge on any atom is 0.503 e. The van der Waals surface area contributed by atoms with Crippen LogP contribution >= 0.6 is 0 Å². The molecule has 0 aliphatic heterocycles. The molecule has 0 aliphatic rings. The Kier molecular flexibility index (Phi) is 66.6. The van der Waals surface area contributed by atoms with E-state index < -0.39 is 84.3 Å². The summed E-state index contributed by atoms with van der Waals surface area (Å²) in [5.74, 6) is 0. The Morgan fingerprint density at radius 3 is 0.444 bits per heavy atom. The van der Waals surface area contributed by atoms with Gasteiger partial charge in [-0.15, -0.1) is 0 Å². The zero-order chi connectivity index (χ0) is 14.3. The molecule has 18 heteroatoms. The molecule has 0 saturated carbocycles. The molecule has 0 aliphatic carbocycles. The second kappa shape index (κ2) is 32.1. The van der Waals surface area contributed by atoms with Crippen LogP contribution in [0.15, 0.2) is 0 Å². The van der Waals surface area contributed by atoms with E-state index in [9.17, 15) is 0 Å². The summed E-state index contributed by atoms with van der Waals surface area (Å²) in [5, 5.41) is 0. The van der Waals surface area contributed by atoms with Gasteiger partial charge >= 0.3 is 84.3 Å². The molecule has 0 unspecified atom stereocenters. The molecular weight excluding hydrogens is 817 g/mol. The van der Waals surface area contributed by atoms with Gasteiger partial charge in [-0.3, -0.25) is 0 Å². The first-order chi connectivity index (χ1) is 6.93. The normalized spacial score (nSPS) is 8.00. The Morgan fingerprint density at radius 1 is 0.444 bits per heavy atom. The van der Waals surface area contributed by atoms with Crippen LogP contribution in [0.1, 0.15) is 0 Å². The van der Waals surface area contributed by atoms with Gasteiger partial charge in [-0.2, -0.15) is 0 Å². The molecule has 0 radical (unpaired) electrons. The number of rotatable bonds is 0. The molecule has 0 bridgehead atoms. The SMILES string of the molecule is O.[O-][I+2]([O-])O.[O-][I+2]([O-])O.[O-][I+2]([O-])O.[O-][I+2]([O-])O.[Ru]. The standard InChI is InChI=1S/4HIO3.H2O.Ru/c4*2-1(3)4;;/h4*2H;1H2;. The first kappa shape index (κ1) is 37.3. The van der Waals surface area contributed by atoms with Crippen molar-refractivity contribution in [2.45, 2.75) is 0 Å². The maximum atomic E-state index is 8.68. The minimum absolute atomic E-state index is 0. The molecule has 0 spiro atoms. The van der Waals surface area contributed by atoms with Crippen LogP contribution < -0.4 is 112 Å². The van der Waals surface area contributed by atoms with Gasteiger partial charge in [0.2, 0.25) is 0 Å². The van der Waals surface area contributed by atoms with Crippen molar-refractivity contribution in [3.63, 3.8) is 0 Å². The topological polar surface area (TPSA) is 297 Å². The van der Waals surface area contributed by atoms with Crippen molar-refractivity contribution in [2.24, 2.45) is 0 Å². The third kappa shape index (κ3) is 676. The Hall–Kier alpha value is 3.02. The van der Waals surface area contributed by atoms with E-state index in [-0.39, 0.29) is 25.0 Å². The summed E-state index contributed by atoms with van der Waals surface area (Å²) in [6.07, 6.45) is 0. The first-order valence-electron chi connectivity index (χ1n) is 1.91. The third-order valence-corrected chi connectivity index (χ3v) is 0. The van der Waals surface area contributed by atoms with Crippen LogP contribution in [0.2, 0.25) is 0 Å². The summed E-state index contributed by atoms with van der Waals surface area (Å²) in [5.41, 5.74) is 0. The summed E-state index contributed by atoms with van der Waals surface area (Å²) in [4.78, 5) is 0. The van der Waals surface area contributed by atoms with Crippen molar-refractivity contribution in [3.05, 3.63) is 0 Å². The smallest absolute Gasteiger partial charge is 0.412 e. The van der Waals surface area contributed by atoms with Crippen LogP contribution in [0, 0.1) is 0 Å². The molecule has 0 aromatic rings. The molecular formula is H6I4O13Ru. The molecule has 0 aromatic heterocycles. The monoisotopic (exact) mass is 824 g/mol. The number of hydrogen-bond acceptors (Lipinski definition) is 12. The zero-order valence-electron chi connectivity index (χ0n) is 7.42. The minimum atomic E-state index is -3.76. The van der Waals surface area contributed by atoms with E-state index in [1.54, 1.807) is 0 Å². The second-order valence-electron chi connectivity index (χ2n) is 0.804. The van der Waals surface area contributed by atoms with Crippen LogP contribution in [-0.2, 0) is 19.5 Å². The minimum Gasteiger partial charge on any atom is -0.412 e. The van der Waals surface area contributed by atoms with E-state index in [0.717, 1.165) is 0 Å². The van der Waals surface area contributed by atoms with Crippen molar-refractivity contribution >= 4 is 0 Å². The maximum absolute atomic E-state index is 8.68. The molecule has 0 rings (SSSR count). The molecule has 6 N–H and O–H groups in total. The van der Waals surface area contributed by atoms with Gasteiger partial charge in [-0.1, -0.05) is 0 Å². The summed E-state index contributed by atoms with van der Waals surface area (Å²) in [7, 11) is 0. The van der Waals surface area contributed by atoms with Crippen molar-refractivity contribution in [1.29, 1.82) is 0 Å². The van der Waals surface area contributed by atoms with Crippen LogP contribution in [0.25, 0.3) is 0 Å². The predicted octanol–water partition coefficient (Wildman–Crippen LogP) is -24.6. The zero-order valence-corrected chi connectivity index (χ0v) is 17.8. The third-order valence-electron chi connectivity index (χ3n) is 0. The molecule has 0 fully saturated rings. The van der Waals surface area contributed by atoms with Gasteiger partial charge in [0.1, 0.15) is 0 Å². The summed E-state index contributed by atoms with van der Waals surface area (Å²) in [6, 6.07) is 0. The second-order valence-corrected chi connectivity index (χ2v) is 5.39. The first-order valence-corrected chi connectivity index (χ1v) is 12.8. The van der Waals surface area contributed by atoms with Crippen LogP contribution in [0.5, 0.6) is 0 Å². The fourth-order valence-corrected chi connectivity index (χ4v) is 0.